The molecule has 0 amide bonds. The van der Waals surface area contributed by atoms with E-state index in [1.54, 1.807) is 0 Å². The fourth-order valence-electron chi connectivity index (χ4n) is 11.3. The summed E-state index contributed by atoms with van der Waals surface area (Å²) in [6, 6.07) is 68.6. The third kappa shape index (κ3) is 4.05. The molecule has 2 aliphatic carbocycles. The largest absolute Gasteiger partial charge is 0.310 e. The van der Waals surface area contributed by atoms with Gasteiger partial charge in [0.15, 0.2) is 0 Å². The molecule has 9 aromatic rings. The standard InChI is InChI=1S/C55H42N2/c1-53(2)42-22-10-8-19-38(42)39-31-29-36(33-48(39)53)56(35-17-6-5-7-18-35)37-30-32-45-49(34-37)54(3,4)43-23-11-12-24-44(43)55(45)46-25-13-15-28-51(46)57-50-27-14-9-20-40(50)41-21-16-26-47(55)52(41)57/h5-34H,1-4H3. The highest BCUT2D eigenvalue weighted by atomic mass is 15.1. The van der Waals surface area contributed by atoms with Gasteiger partial charge in [0.25, 0.3) is 0 Å². The summed E-state index contributed by atoms with van der Waals surface area (Å²) in [5, 5.41) is 2.59. The molecule has 0 saturated heterocycles. The van der Waals surface area contributed by atoms with Crippen LogP contribution in [0.2, 0.25) is 0 Å². The number of hydrogen-bond acceptors (Lipinski definition) is 1. The summed E-state index contributed by atoms with van der Waals surface area (Å²) in [4.78, 5) is 2.47. The molecule has 1 aliphatic heterocycles. The van der Waals surface area contributed by atoms with Gasteiger partial charge in [0.2, 0.25) is 0 Å². The van der Waals surface area contributed by atoms with E-state index in [4.69, 9.17) is 0 Å². The molecule has 1 spiro atoms. The van der Waals surface area contributed by atoms with Crippen molar-refractivity contribution < 1.29 is 0 Å². The molecule has 0 fully saturated rings. The van der Waals surface area contributed by atoms with Crippen LogP contribution in [-0.2, 0) is 16.2 Å². The Labute approximate surface area is 334 Å². The van der Waals surface area contributed by atoms with Gasteiger partial charge in [0.1, 0.15) is 0 Å². The van der Waals surface area contributed by atoms with E-state index in [1.165, 1.54) is 88.8 Å². The summed E-state index contributed by atoms with van der Waals surface area (Å²) in [6.45, 7) is 9.59. The van der Waals surface area contributed by atoms with E-state index in [-0.39, 0.29) is 10.8 Å². The van der Waals surface area contributed by atoms with Gasteiger partial charge in [-0.2, -0.15) is 0 Å². The highest BCUT2D eigenvalue weighted by molar-refractivity contribution is 6.12. The molecule has 0 bridgehead atoms. The topological polar surface area (TPSA) is 8.17 Å². The molecule has 2 heterocycles. The van der Waals surface area contributed by atoms with E-state index in [1.807, 2.05) is 0 Å². The number of fused-ring (bicyclic) bond motifs is 14. The van der Waals surface area contributed by atoms with Crippen molar-refractivity contribution in [2.75, 3.05) is 4.90 Å². The van der Waals surface area contributed by atoms with Gasteiger partial charge in [-0.3, -0.25) is 0 Å². The zero-order valence-electron chi connectivity index (χ0n) is 32.7. The van der Waals surface area contributed by atoms with Gasteiger partial charge < -0.3 is 9.47 Å². The number of para-hydroxylation sites is 4. The van der Waals surface area contributed by atoms with Crippen molar-refractivity contribution >= 4 is 38.9 Å². The lowest BCUT2D eigenvalue weighted by atomic mass is 9.53. The van der Waals surface area contributed by atoms with Crippen LogP contribution in [0.1, 0.15) is 72.2 Å². The van der Waals surface area contributed by atoms with E-state index in [0.717, 1.165) is 11.4 Å². The van der Waals surface area contributed by atoms with Crippen LogP contribution in [0, 0.1) is 0 Å². The molecule has 2 nitrogen and oxygen atoms in total. The first-order valence-electron chi connectivity index (χ1n) is 20.3. The maximum atomic E-state index is 2.53. The second-order valence-electron chi connectivity index (χ2n) is 17.3. The normalized spacial score (nSPS) is 17.5. The Bertz CT molecular complexity index is 3140. The second-order valence-corrected chi connectivity index (χ2v) is 17.3. The van der Waals surface area contributed by atoms with E-state index >= 15 is 0 Å². The molecule has 0 saturated carbocycles. The van der Waals surface area contributed by atoms with Gasteiger partial charge in [-0.05, 0) is 104 Å². The van der Waals surface area contributed by atoms with Crippen LogP contribution in [0.15, 0.2) is 182 Å². The molecule has 2 heteroatoms. The first-order valence-corrected chi connectivity index (χ1v) is 20.3. The van der Waals surface area contributed by atoms with Gasteiger partial charge in [0, 0.05) is 38.7 Å². The molecular formula is C55H42N2. The molecule has 0 N–H and O–H groups in total. The quantitative estimate of drug-likeness (QED) is 0.176. The number of benzene rings is 8. The molecule has 57 heavy (non-hydrogen) atoms. The van der Waals surface area contributed by atoms with Crippen molar-refractivity contribution in [3.8, 4) is 16.8 Å². The van der Waals surface area contributed by atoms with E-state index in [2.05, 4.69) is 219 Å². The number of anilines is 3. The Hall–Kier alpha value is -6.64. The third-order valence-electron chi connectivity index (χ3n) is 13.8. The van der Waals surface area contributed by atoms with Crippen molar-refractivity contribution in [2.45, 2.75) is 43.9 Å². The van der Waals surface area contributed by atoms with E-state index in [9.17, 15) is 0 Å². The molecule has 8 aromatic carbocycles. The number of nitrogens with zero attached hydrogens (tertiary/aromatic N) is 2. The molecule has 1 unspecified atom stereocenters. The molecule has 1 aromatic heterocycles. The van der Waals surface area contributed by atoms with Crippen LogP contribution < -0.4 is 4.90 Å². The molecule has 272 valence electrons. The highest BCUT2D eigenvalue weighted by Crippen LogP contribution is 2.61. The van der Waals surface area contributed by atoms with Crippen molar-refractivity contribution in [3.63, 3.8) is 0 Å². The molecule has 1 atom stereocenters. The van der Waals surface area contributed by atoms with E-state index in [0.29, 0.717) is 0 Å². The first-order chi connectivity index (χ1) is 27.8. The maximum Gasteiger partial charge on any atom is 0.0748 e. The van der Waals surface area contributed by atoms with Crippen LogP contribution in [0.3, 0.4) is 0 Å². The molecule has 0 radical (unpaired) electrons. The predicted octanol–water partition coefficient (Wildman–Crippen LogP) is 13.9. The minimum Gasteiger partial charge on any atom is -0.310 e. The summed E-state index contributed by atoms with van der Waals surface area (Å²) in [5.74, 6) is 0. The lowest BCUT2D eigenvalue weighted by molar-refractivity contribution is 0.556. The van der Waals surface area contributed by atoms with Crippen LogP contribution in [-0.4, -0.2) is 4.57 Å². The molecule has 3 aliphatic rings. The Balaban J connectivity index is 1.15. The fraction of sp³-hybridized carbons (Fsp3) is 0.127. The van der Waals surface area contributed by atoms with Gasteiger partial charge in [-0.25, -0.2) is 0 Å². The van der Waals surface area contributed by atoms with Crippen LogP contribution in [0.5, 0.6) is 0 Å². The van der Waals surface area contributed by atoms with Crippen LogP contribution >= 0.6 is 0 Å². The summed E-state index contributed by atoms with van der Waals surface area (Å²) >= 11 is 0. The minimum absolute atomic E-state index is 0.101. The van der Waals surface area contributed by atoms with Gasteiger partial charge in [0.05, 0.1) is 22.1 Å². The van der Waals surface area contributed by atoms with Crippen molar-refractivity contribution in [3.05, 3.63) is 226 Å². The lowest BCUT2D eigenvalue weighted by Gasteiger charge is -2.50. The average Bonchev–Trinajstić information content (AvgIpc) is 3.71. The Morgan fingerprint density at radius 1 is 0.368 bits per heavy atom. The van der Waals surface area contributed by atoms with Crippen LogP contribution in [0.25, 0.3) is 38.6 Å². The van der Waals surface area contributed by atoms with Crippen LogP contribution in [0.4, 0.5) is 17.1 Å². The first kappa shape index (κ1) is 32.6. The third-order valence-corrected chi connectivity index (χ3v) is 13.8. The average molecular weight is 731 g/mol. The predicted molar refractivity (Wildman–Crippen MR) is 237 cm³/mol. The summed E-state index contributed by atoms with van der Waals surface area (Å²) < 4.78 is 2.53. The van der Waals surface area contributed by atoms with Gasteiger partial charge in [-0.1, -0.05) is 161 Å². The monoisotopic (exact) mass is 730 g/mol. The van der Waals surface area contributed by atoms with Crippen molar-refractivity contribution in [1.29, 1.82) is 0 Å². The summed E-state index contributed by atoms with van der Waals surface area (Å²) in [7, 11) is 0. The summed E-state index contributed by atoms with van der Waals surface area (Å²) in [6.07, 6.45) is 0. The van der Waals surface area contributed by atoms with E-state index < -0.39 is 5.41 Å². The highest BCUT2D eigenvalue weighted by Gasteiger charge is 2.52. The Kier molecular flexibility index (Phi) is 6.42. The zero-order valence-corrected chi connectivity index (χ0v) is 32.7. The van der Waals surface area contributed by atoms with Gasteiger partial charge >= 0.3 is 0 Å². The number of rotatable bonds is 3. The van der Waals surface area contributed by atoms with Crippen molar-refractivity contribution in [1.82, 2.24) is 4.57 Å². The summed E-state index contributed by atoms with van der Waals surface area (Å²) in [5.41, 5.74) is 19.9. The molecular weight excluding hydrogens is 689 g/mol. The smallest absolute Gasteiger partial charge is 0.0748 e. The molecule has 12 rings (SSSR count). The fourth-order valence-corrected chi connectivity index (χ4v) is 11.3. The maximum absolute atomic E-state index is 2.53. The Morgan fingerprint density at radius 3 is 1.75 bits per heavy atom. The van der Waals surface area contributed by atoms with Gasteiger partial charge in [-0.15, -0.1) is 0 Å². The second kappa shape index (κ2) is 11.2. The SMILES string of the molecule is CC1(C)c2ccccc2-c2ccc(N(c3ccccc3)c3ccc4c(c3)C(C)(C)c3ccccc3C43c4ccccc4-n4c5ccccc5c5cccc3c54)cc21. The zero-order chi connectivity index (χ0) is 38.3. The minimum atomic E-state index is -0.526. The lowest BCUT2D eigenvalue weighted by Crippen LogP contribution is -2.44. The number of hydrogen-bond donors (Lipinski definition) is 0. The van der Waals surface area contributed by atoms with Crippen molar-refractivity contribution in [2.24, 2.45) is 0 Å². The number of aromatic nitrogens is 1. The Morgan fingerprint density at radius 2 is 0.930 bits per heavy atom.